The summed E-state index contributed by atoms with van der Waals surface area (Å²) >= 11 is 0. The lowest BCUT2D eigenvalue weighted by atomic mass is 10.0. The normalized spacial score (nSPS) is 12.4. The molecule has 0 heterocycles. The van der Waals surface area contributed by atoms with E-state index < -0.39 is 16.8 Å². The average molecular weight is 366 g/mol. The van der Waals surface area contributed by atoms with Crippen LogP contribution in [0.3, 0.4) is 0 Å². The zero-order valence-electron chi connectivity index (χ0n) is 14.6. The van der Waals surface area contributed by atoms with E-state index in [1.807, 2.05) is 7.05 Å². The molecule has 9 heteroatoms. The highest BCUT2D eigenvalue weighted by atomic mass is 33.1. The maximum absolute atomic E-state index is 12.1. The van der Waals surface area contributed by atoms with Gasteiger partial charge in [0.15, 0.2) is 0 Å². The summed E-state index contributed by atoms with van der Waals surface area (Å²) in [5.74, 6) is -0.859. The Hall–Kier alpha value is -0.930. The number of amides is 2. The van der Waals surface area contributed by atoms with Crippen LogP contribution >= 0.6 is 21.6 Å². The Balaban J connectivity index is 4.65. The fraction of sp³-hybridized carbons (Fsp3) is 0.786. The van der Waals surface area contributed by atoms with E-state index in [1.165, 1.54) is 24.8 Å². The molecule has 23 heavy (non-hydrogen) atoms. The van der Waals surface area contributed by atoms with Crippen molar-refractivity contribution in [2.45, 2.75) is 38.0 Å². The van der Waals surface area contributed by atoms with Gasteiger partial charge in [-0.05, 0) is 33.9 Å². The highest BCUT2D eigenvalue weighted by Gasteiger charge is 2.38. The molecule has 0 aliphatic rings. The topological polar surface area (TPSA) is 87.7 Å². The van der Waals surface area contributed by atoms with E-state index in [2.05, 4.69) is 10.6 Å². The third-order valence-corrected chi connectivity index (χ3v) is 6.21. The molecular weight excluding hydrogens is 338 g/mol. The average Bonchev–Trinajstić information content (AvgIpc) is 2.49. The van der Waals surface area contributed by atoms with Gasteiger partial charge in [0.1, 0.15) is 6.04 Å². The van der Waals surface area contributed by atoms with E-state index in [9.17, 15) is 14.4 Å². The molecule has 0 aromatic carbocycles. The molecular formula is C14H27N3O4S2. The Morgan fingerprint density at radius 2 is 1.91 bits per heavy atom. The summed E-state index contributed by atoms with van der Waals surface area (Å²) in [6, 6.07) is -0.829. The van der Waals surface area contributed by atoms with Gasteiger partial charge in [-0.3, -0.25) is 9.59 Å². The first kappa shape index (κ1) is 22.1. The molecule has 0 aromatic rings. The van der Waals surface area contributed by atoms with Gasteiger partial charge in [-0.15, -0.1) is 0 Å². The van der Waals surface area contributed by atoms with Gasteiger partial charge in [-0.25, -0.2) is 4.79 Å². The molecule has 0 saturated heterocycles. The Kier molecular flexibility index (Phi) is 10.3. The van der Waals surface area contributed by atoms with Gasteiger partial charge < -0.3 is 20.3 Å². The summed E-state index contributed by atoms with van der Waals surface area (Å²) in [7, 11) is 7.17. The van der Waals surface area contributed by atoms with Crippen molar-refractivity contribution in [3.63, 3.8) is 0 Å². The van der Waals surface area contributed by atoms with Crippen LogP contribution in [0.2, 0.25) is 0 Å². The van der Waals surface area contributed by atoms with E-state index in [1.54, 1.807) is 25.8 Å². The van der Waals surface area contributed by atoms with E-state index in [4.69, 9.17) is 4.74 Å². The highest BCUT2D eigenvalue weighted by molar-refractivity contribution is 8.82. The maximum atomic E-state index is 12.1. The largest absolute Gasteiger partial charge is 0.467 e. The Morgan fingerprint density at radius 1 is 1.30 bits per heavy atom. The van der Waals surface area contributed by atoms with E-state index in [-0.39, 0.29) is 11.1 Å². The number of hydrogen-bond donors (Lipinski definition) is 2. The van der Waals surface area contributed by atoms with Gasteiger partial charge in [-0.1, -0.05) is 10.8 Å². The first-order valence-electron chi connectivity index (χ1n) is 7.26. The summed E-state index contributed by atoms with van der Waals surface area (Å²) in [5.41, 5.74) is 0. The number of rotatable bonds is 9. The van der Waals surface area contributed by atoms with E-state index in [0.29, 0.717) is 6.54 Å². The molecule has 7 nitrogen and oxygen atoms in total. The minimum atomic E-state index is -0.829. The second-order valence-electron chi connectivity index (χ2n) is 5.57. The van der Waals surface area contributed by atoms with Crippen molar-refractivity contribution < 1.29 is 19.1 Å². The van der Waals surface area contributed by atoms with Crippen molar-refractivity contribution in [3.8, 4) is 0 Å². The molecule has 0 saturated carbocycles. The number of hydrogen-bond acceptors (Lipinski definition) is 7. The third-order valence-electron chi connectivity index (χ3n) is 3.04. The fourth-order valence-electron chi connectivity index (χ4n) is 1.68. The van der Waals surface area contributed by atoms with Crippen LogP contribution in [0.5, 0.6) is 0 Å². The van der Waals surface area contributed by atoms with Crippen LogP contribution in [0.1, 0.15) is 27.2 Å². The molecule has 1 unspecified atom stereocenters. The predicted octanol–water partition coefficient (Wildman–Crippen LogP) is 1.49. The molecule has 0 aromatic heterocycles. The third kappa shape index (κ3) is 8.47. The standard InChI is InChI=1S/C14H27N3O4S2/c1-10(18)16-11(12(19)21-6)14(2,3)23-22-13(20)17(5)9-7-8-15-4/h11,15H,7-9H2,1-6H3,(H,16,18). The van der Waals surface area contributed by atoms with Gasteiger partial charge in [0.2, 0.25) is 5.91 Å². The molecule has 0 spiro atoms. The van der Waals surface area contributed by atoms with Crippen molar-refractivity contribution in [1.29, 1.82) is 0 Å². The van der Waals surface area contributed by atoms with Crippen LogP contribution in [0, 0.1) is 0 Å². The lowest BCUT2D eigenvalue weighted by molar-refractivity contribution is -0.145. The van der Waals surface area contributed by atoms with Crippen molar-refractivity contribution in [3.05, 3.63) is 0 Å². The highest BCUT2D eigenvalue weighted by Crippen LogP contribution is 2.39. The van der Waals surface area contributed by atoms with Crippen LogP contribution in [-0.2, 0) is 14.3 Å². The molecule has 0 aliphatic heterocycles. The van der Waals surface area contributed by atoms with Crippen LogP contribution in [0.15, 0.2) is 0 Å². The summed E-state index contributed by atoms with van der Waals surface area (Å²) < 4.78 is 4.04. The number of methoxy groups -OCH3 is 1. The fourth-order valence-corrected chi connectivity index (χ4v) is 3.96. The molecule has 134 valence electrons. The summed E-state index contributed by atoms with van der Waals surface area (Å²) in [6.45, 7) is 6.41. The van der Waals surface area contributed by atoms with Crippen LogP contribution in [0.25, 0.3) is 0 Å². The molecule has 0 rings (SSSR count). The Labute approximate surface area is 146 Å². The van der Waals surface area contributed by atoms with Crippen molar-refractivity contribution in [2.75, 3.05) is 34.3 Å². The summed E-state index contributed by atoms with van der Waals surface area (Å²) in [4.78, 5) is 36.9. The van der Waals surface area contributed by atoms with Gasteiger partial charge in [0.05, 0.1) is 11.9 Å². The number of ether oxygens (including phenoxy) is 1. The number of carbonyl (C=O) groups excluding carboxylic acids is 3. The minimum Gasteiger partial charge on any atom is -0.467 e. The van der Waals surface area contributed by atoms with E-state index in [0.717, 1.165) is 23.8 Å². The van der Waals surface area contributed by atoms with Gasteiger partial charge in [0, 0.05) is 31.3 Å². The summed E-state index contributed by atoms with van der Waals surface area (Å²) in [5, 5.41) is 5.52. The Bertz CT molecular complexity index is 419. The van der Waals surface area contributed by atoms with Crippen LogP contribution < -0.4 is 10.6 Å². The van der Waals surface area contributed by atoms with Crippen molar-refractivity contribution in [2.24, 2.45) is 0 Å². The van der Waals surface area contributed by atoms with Gasteiger partial charge >= 0.3 is 5.97 Å². The number of carbonyl (C=O) groups is 3. The monoisotopic (exact) mass is 365 g/mol. The zero-order valence-corrected chi connectivity index (χ0v) is 16.2. The summed E-state index contributed by atoms with van der Waals surface area (Å²) in [6.07, 6.45) is 0.865. The minimum absolute atomic E-state index is 0.0920. The van der Waals surface area contributed by atoms with E-state index >= 15 is 0 Å². The first-order valence-corrected chi connectivity index (χ1v) is 9.41. The molecule has 0 fully saturated rings. The maximum Gasteiger partial charge on any atom is 0.329 e. The van der Waals surface area contributed by atoms with Crippen LogP contribution in [-0.4, -0.2) is 67.1 Å². The zero-order chi connectivity index (χ0) is 18.0. The SMILES string of the molecule is CNCCCN(C)C(=O)SSC(C)(C)C(NC(C)=O)C(=O)OC. The number of esters is 1. The smallest absolute Gasteiger partial charge is 0.329 e. The van der Waals surface area contributed by atoms with Crippen LogP contribution in [0.4, 0.5) is 4.79 Å². The molecule has 2 amide bonds. The second-order valence-corrected chi connectivity index (χ2v) is 8.31. The first-order chi connectivity index (χ1) is 10.7. The molecule has 0 bridgehead atoms. The van der Waals surface area contributed by atoms with Crippen molar-refractivity contribution >= 4 is 38.7 Å². The molecule has 1 atom stereocenters. The number of nitrogens with one attached hydrogen (secondary N) is 2. The van der Waals surface area contributed by atoms with Crippen molar-refractivity contribution in [1.82, 2.24) is 15.5 Å². The lowest BCUT2D eigenvalue weighted by Gasteiger charge is -2.31. The number of nitrogens with zero attached hydrogens (tertiary/aromatic N) is 1. The quantitative estimate of drug-likeness (QED) is 0.363. The molecule has 2 N–H and O–H groups in total. The van der Waals surface area contributed by atoms with Gasteiger partial charge in [-0.2, -0.15) is 0 Å². The molecule has 0 radical (unpaired) electrons. The lowest BCUT2D eigenvalue weighted by Crippen LogP contribution is -2.52. The Morgan fingerprint density at radius 3 is 2.39 bits per heavy atom. The van der Waals surface area contributed by atoms with Gasteiger partial charge in [0.25, 0.3) is 5.24 Å². The predicted molar refractivity (Wildman–Crippen MR) is 95.5 cm³/mol. The molecule has 0 aliphatic carbocycles. The second kappa shape index (κ2) is 10.8.